The van der Waals surface area contributed by atoms with Gasteiger partial charge in [0, 0.05) is 13.1 Å². The molecule has 0 saturated carbocycles. The fraction of sp³-hybridized carbons (Fsp3) is 0.458. The lowest BCUT2D eigenvalue weighted by Gasteiger charge is -2.32. The first kappa shape index (κ1) is 24.2. The molecule has 1 fully saturated rings. The van der Waals surface area contributed by atoms with Crippen molar-refractivity contribution in [2.75, 3.05) is 20.2 Å². The van der Waals surface area contributed by atoms with Gasteiger partial charge in [0.1, 0.15) is 16.5 Å². The number of piperidine rings is 1. The van der Waals surface area contributed by atoms with Crippen LogP contribution in [-0.4, -0.2) is 38.8 Å². The summed E-state index contributed by atoms with van der Waals surface area (Å²) in [7, 11) is -2.66. The van der Waals surface area contributed by atoms with Crippen molar-refractivity contribution in [3.8, 4) is 5.75 Å². The molecule has 1 aliphatic heterocycles. The first-order chi connectivity index (χ1) is 15.0. The Morgan fingerprint density at radius 1 is 1.16 bits per heavy atom. The molecule has 8 heteroatoms. The van der Waals surface area contributed by atoms with Crippen LogP contribution in [0.25, 0.3) is 0 Å². The summed E-state index contributed by atoms with van der Waals surface area (Å²) >= 11 is 0. The van der Waals surface area contributed by atoms with E-state index < -0.39 is 21.8 Å². The minimum absolute atomic E-state index is 0.0481. The Balaban J connectivity index is 1.76. The van der Waals surface area contributed by atoms with Gasteiger partial charge in [0.25, 0.3) is 0 Å². The van der Waals surface area contributed by atoms with Crippen LogP contribution in [0.4, 0.5) is 4.39 Å². The Bertz CT molecular complexity index is 1120. The number of aryl methyl sites for hydroxylation is 3. The number of hydrogen-bond acceptors (Lipinski definition) is 4. The van der Waals surface area contributed by atoms with Gasteiger partial charge in [-0.3, -0.25) is 4.79 Å². The third kappa shape index (κ3) is 4.96. The lowest BCUT2D eigenvalue weighted by molar-refractivity contribution is -0.126. The molecule has 0 spiro atoms. The Morgan fingerprint density at radius 3 is 2.53 bits per heavy atom. The van der Waals surface area contributed by atoms with E-state index in [0.717, 1.165) is 28.8 Å². The highest BCUT2D eigenvalue weighted by Gasteiger charge is 2.35. The first-order valence-corrected chi connectivity index (χ1v) is 12.2. The van der Waals surface area contributed by atoms with E-state index in [0.29, 0.717) is 12.8 Å². The summed E-state index contributed by atoms with van der Waals surface area (Å²) in [4.78, 5) is 12.8. The summed E-state index contributed by atoms with van der Waals surface area (Å²) in [6, 6.07) is 7.40. The molecule has 2 aromatic carbocycles. The van der Waals surface area contributed by atoms with Crippen molar-refractivity contribution in [2.24, 2.45) is 5.92 Å². The van der Waals surface area contributed by atoms with Gasteiger partial charge in [-0.25, -0.2) is 12.8 Å². The summed E-state index contributed by atoms with van der Waals surface area (Å²) in [5.74, 6) is -1.24. The molecule has 1 N–H and O–H groups in total. The van der Waals surface area contributed by atoms with Gasteiger partial charge in [-0.05, 0) is 81.0 Å². The van der Waals surface area contributed by atoms with Gasteiger partial charge < -0.3 is 10.1 Å². The van der Waals surface area contributed by atoms with Crippen LogP contribution < -0.4 is 10.1 Å². The van der Waals surface area contributed by atoms with Crippen molar-refractivity contribution in [3.05, 3.63) is 58.4 Å². The number of carbonyl (C=O) groups is 1. The maximum absolute atomic E-state index is 13.8. The van der Waals surface area contributed by atoms with Gasteiger partial charge in [0.05, 0.1) is 19.1 Å². The molecule has 0 unspecified atom stereocenters. The number of amides is 1. The predicted molar refractivity (Wildman–Crippen MR) is 122 cm³/mol. The largest absolute Gasteiger partial charge is 0.495 e. The Labute approximate surface area is 189 Å². The van der Waals surface area contributed by atoms with Gasteiger partial charge in [-0.1, -0.05) is 12.1 Å². The van der Waals surface area contributed by atoms with Crippen molar-refractivity contribution >= 4 is 15.9 Å². The Kier molecular flexibility index (Phi) is 7.25. The quantitative estimate of drug-likeness (QED) is 0.703. The molecule has 1 amide bonds. The predicted octanol–water partition coefficient (Wildman–Crippen LogP) is 4.04. The van der Waals surface area contributed by atoms with E-state index in [1.165, 1.54) is 23.0 Å². The van der Waals surface area contributed by atoms with Crippen LogP contribution in [0.2, 0.25) is 0 Å². The van der Waals surface area contributed by atoms with Crippen LogP contribution in [0.3, 0.4) is 0 Å². The van der Waals surface area contributed by atoms with Crippen molar-refractivity contribution < 1.29 is 22.3 Å². The second kappa shape index (κ2) is 9.58. The number of methoxy groups -OCH3 is 1. The van der Waals surface area contributed by atoms with E-state index in [2.05, 4.69) is 24.4 Å². The van der Waals surface area contributed by atoms with Crippen molar-refractivity contribution in [1.29, 1.82) is 0 Å². The molecule has 1 saturated heterocycles. The summed E-state index contributed by atoms with van der Waals surface area (Å²) in [6.07, 6.45) is 1.14. The fourth-order valence-corrected chi connectivity index (χ4v) is 5.92. The standard InChI is InChI=1S/C24H31FN2O4S/c1-15-11-17(3)21(12-16(15)2)18(4)26-24(28)19-7-6-10-27(14-19)32(29,30)23-13-20(25)8-9-22(23)31-5/h8-9,11-13,18-19H,6-7,10,14H2,1-5H3,(H,26,28)/t18-,19-/m0/s1. The minimum Gasteiger partial charge on any atom is -0.495 e. The van der Waals surface area contributed by atoms with E-state index >= 15 is 0 Å². The molecule has 6 nitrogen and oxygen atoms in total. The maximum Gasteiger partial charge on any atom is 0.246 e. The van der Waals surface area contributed by atoms with Gasteiger partial charge in [-0.15, -0.1) is 0 Å². The molecular weight excluding hydrogens is 431 g/mol. The summed E-state index contributed by atoms with van der Waals surface area (Å²) in [6.45, 7) is 8.37. The number of benzene rings is 2. The number of nitrogens with one attached hydrogen (secondary N) is 1. The molecule has 3 rings (SSSR count). The molecule has 1 aliphatic rings. The summed E-state index contributed by atoms with van der Waals surface area (Å²) < 4.78 is 46.5. The lowest BCUT2D eigenvalue weighted by Crippen LogP contribution is -2.45. The zero-order valence-electron chi connectivity index (χ0n) is 19.2. The average Bonchev–Trinajstić information content (AvgIpc) is 2.76. The molecule has 2 atom stereocenters. The number of rotatable bonds is 6. The van der Waals surface area contributed by atoms with E-state index in [9.17, 15) is 17.6 Å². The fourth-order valence-electron chi connectivity index (χ4n) is 4.22. The zero-order valence-corrected chi connectivity index (χ0v) is 20.1. The molecule has 32 heavy (non-hydrogen) atoms. The molecule has 1 heterocycles. The van der Waals surface area contributed by atoms with Crippen molar-refractivity contribution in [1.82, 2.24) is 9.62 Å². The molecule has 0 aliphatic carbocycles. The normalized spacial score (nSPS) is 18.2. The Morgan fingerprint density at radius 2 is 1.84 bits per heavy atom. The zero-order chi connectivity index (χ0) is 23.6. The molecule has 174 valence electrons. The second-order valence-electron chi connectivity index (χ2n) is 8.52. The van der Waals surface area contributed by atoms with Crippen LogP contribution in [0.1, 0.15) is 48.1 Å². The van der Waals surface area contributed by atoms with Crippen LogP contribution in [-0.2, 0) is 14.8 Å². The van der Waals surface area contributed by atoms with Gasteiger partial charge >= 0.3 is 0 Å². The number of sulfonamides is 1. The minimum atomic E-state index is -4.00. The number of ether oxygens (including phenoxy) is 1. The highest BCUT2D eigenvalue weighted by atomic mass is 32.2. The highest BCUT2D eigenvalue weighted by Crippen LogP contribution is 2.31. The molecule has 0 aromatic heterocycles. The summed E-state index contributed by atoms with van der Waals surface area (Å²) in [5, 5.41) is 3.05. The molecule has 2 aromatic rings. The second-order valence-corrected chi connectivity index (χ2v) is 10.4. The highest BCUT2D eigenvalue weighted by molar-refractivity contribution is 7.89. The number of hydrogen-bond donors (Lipinski definition) is 1. The topological polar surface area (TPSA) is 75.7 Å². The summed E-state index contributed by atoms with van der Waals surface area (Å²) in [5.41, 5.74) is 4.51. The van der Waals surface area contributed by atoms with E-state index in [1.807, 2.05) is 20.8 Å². The van der Waals surface area contributed by atoms with Gasteiger partial charge in [-0.2, -0.15) is 4.31 Å². The van der Waals surface area contributed by atoms with Crippen LogP contribution in [0.5, 0.6) is 5.75 Å². The molecule has 0 radical (unpaired) electrons. The van der Waals surface area contributed by atoms with Crippen LogP contribution in [0.15, 0.2) is 35.2 Å². The first-order valence-electron chi connectivity index (χ1n) is 10.8. The Hall–Kier alpha value is -2.45. The van der Waals surface area contributed by atoms with Gasteiger partial charge in [0.2, 0.25) is 15.9 Å². The number of carbonyl (C=O) groups excluding carboxylic acids is 1. The molecular formula is C24H31FN2O4S. The SMILES string of the molecule is COc1ccc(F)cc1S(=O)(=O)N1CCC[C@H](C(=O)N[C@@H](C)c2cc(C)c(C)cc2C)C1. The number of nitrogens with zero attached hydrogens (tertiary/aromatic N) is 1. The van der Waals surface area contributed by atoms with Crippen LogP contribution >= 0.6 is 0 Å². The van der Waals surface area contributed by atoms with Crippen molar-refractivity contribution in [3.63, 3.8) is 0 Å². The molecule has 0 bridgehead atoms. The number of halogens is 1. The third-order valence-electron chi connectivity index (χ3n) is 6.21. The van der Waals surface area contributed by atoms with Gasteiger partial charge in [0.15, 0.2) is 0 Å². The smallest absolute Gasteiger partial charge is 0.246 e. The van der Waals surface area contributed by atoms with Crippen molar-refractivity contribution in [2.45, 2.75) is 51.5 Å². The van der Waals surface area contributed by atoms with Crippen LogP contribution in [0, 0.1) is 32.5 Å². The lowest BCUT2D eigenvalue weighted by atomic mass is 9.95. The monoisotopic (exact) mass is 462 g/mol. The average molecular weight is 463 g/mol. The van der Waals surface area contributed by atoms with E-state index in [-0.39, 0.29) is 35.7 Å². The maximum atomic E-state index is 13.8. The third-order valence-corrected chi connectivity index (χ3v) is 8.09. The van der Waals surface area contributed by atoms with E-state index in [4.69, 9.17) is 4.74 Å². The van der Waals surface area contributed by atoms with E-state index in [1.54, 1.807) is 0 Å².